The SMILES string of the molecule is COC(=O)[C@@H]1N([Si](C)(C)C(C)(C)C)C(=O)C1(C)C. The third-order valence-electron chi connectivity index (χ3n) is 4.57. The summed E-state index contributed by atoms with van der Waals surface area (Å²) < 4.78 is 6.68. The smallest absolute Gasteiger partial charge is 0.328 e. The van der Waals surface area contributed by atoms with Crippen LogP contribution in [0.4, 0.5) is 0 Å². The monoisotopic (exact) mass is 271 g/mol. The van der Waals surface area contributed by atoms with Gasteiger partial charge in [-0.2, -0.15) is 0 Å². The molecule has 1 aliphatic heterocycles. The van der Waals surface area contributed by atoms with Crippen LogP contribution in [0.2, 0.25) is 18.1 Å². The van der Waals surface area contributed by atoms with Crippen molar-refractivity contribution < 1.29 is 14.3 Å². The summed E-state index contributed by atoms with van der Waals surface area (Å²) in [6, 6.07) is -0.434. The lowest BCUT2D eigenvalue weighted by Gasteiger charge is -2.60. The van der Waals surface area contributed by atoms with Gasteiger partial charge in [0.2, 0.25) is 5.91 Å². The molecule has 0 unspecified atom stereocenters. The fourth-order valence-electron chi connectivity index (χ4n) is 2.25. The van der Waals surface area contributed by atoms with Gasteiger partial charge in [-0.05, 0) is 18.9 Å². The van der Waals surface area contributed by atoms with Crippen molar-refractivity contribution in [2.45, 2.75) is 58.8 Å². The van der Waals surface area contributed by atoms with Gasteiger partial charge in [0.05, 0.1) is 12.5 Å². The fraction of sp³-hybridized carbons (Fsp3) is 0.846. The van der Waals surface area contributed by atoms with Crippen LogP contribution in [-0.2, 0) is 14.3 Å². The van der Waals surface area contributed by atoms with Crippen LogP contribution in [0.3, 0.4) is 0 Å². The Morgan fingerprint density at radius 2 is 1.78 bits per heavy atom. The minimum absolute atomic E-state index is 0.0193. The lowest BCUT2D eigenvalue weighted by molar-refractivity contribution is -0.174. The molecule has 0 aliphatic carbocycles. The van der Waals surface area contributed by atoms with Crippen molar-refractivity contribution in [3.05, 3.63) is 0 Å². The van der Waals surface area contributed by atoms with E-state index in [-0.39, 0.29) is 16.9 Å². The minimum atomic E-state index is -2.03. The molecule has 104 valence electrons. The second kappa shape index (κ2) is 4.08. The molecule has 1 atom stereocenters. The molecule has 4 nitrogen and oxygen atoms in total. The van der Waals surface area contributed by atoms with E-state index in [0.717, 1.165) is 0 Å². The Hall–Kier alpha value is -0.843. The van der Waals surface area contributed by atoms with E-state index in [1.807, 2.05) is 18.4 Å². The van der Waals surface area contributed by atoms with Crippen molar-refractivity contribution in [2.75, 3.05) is 7.11 Å². The van der Waals surface area contributed by atoms with Crippen LogP contribution in [0.25, 0.3) is 0 Å². The van der Waals surface area contributed by atoms with E-state index in [1.54, 1.807) is 0 Å². The molecule has 0 bridgehead atoms. The van der Waals surface area contributed by atoms with Crippen LogP contribution in [0, 0.1) is 5.41 Å². The van der Waals surface area contributed by atoms with E-state index >= 15 is 0 Å². The number of nitrogens with zero attached hydrogens (tertiary/aromatic N) is 1. The number of methoxy groups -OCH3 is 1. The molecule has 1 aliphatic rings. The van der Waals surface area contributed by atoms with Crippen LogP contribution < -0.4 is 0 Å². The lowest BCUT2D eigenvalue weighted by Crippen LogP contribution is -2.78. The Bertz CT molecular complexity index is 382. The number of hydrogen-bond acceptors (Lipinski definition) is 3. The minimum Gasteiger partial charge on any atom is -0.467 e. The van der Waals surface area contributed by atoms with E-state index < -0.39 is 19.7 Å². The molecule has 0 aromatic carbocycles. The number of carbonyl (C=O) groups is 2. The van der Waals surface area contributed by atoms with Gasteiger partial charge >= 0.3 is 5.97 Å². The molecule has 0 spiro atoms. The van der Waals surface area contributed by atoms with Gasteiger partial charge in [0.25, 0.3) is 0 Å². The molecule has 0 N–H and O–H groups in total. The highest BCUT2D eigenvalue weighted by Crippen LogP contribution is 2.49. The van der Waals surface area contributed by atoms with Gasteiger partial charge < -0.3 is 9.30 Å². The first-order valence-corrected chi connectivity index (χ1v) is 9.25. The number of amides is 1. The Labute approximate surface area is 111 Å². The highest BCUT2D eigenvalue weighted by molar-refractivity contribution is 6.80. The van der Waals surface area contributed by atoms with Crippen LogP contribution in [-0.4, -0.2) is 37.8 Å². The average molecular weight is 271 g/mol. The molecule has 1 saturated heterocycles. The first-order chi connectivity index (χ1) is 7.89. The van der Waals surface area contributed by atoms with Crippen molar-refractivity contribution in [2.24, 2.45) is 5.41 Å². The third-order valence-corrected chi connectivity index (χ3v) is 9.91. The lowest BCUT2D eigenvalue weighted by atomic mass is 9.76. The topological polar surface area (TPSA) is 46.6 Å². The maximum absolute atomic E-state index is 12.4. The van der Waals surface area contributed by atoms with E-state index in [2.05, 4.69) is 33.9 Å². The van der Waals surface area contributed by atoms with Crippen LogP contribution in [0.5, 0.6) is 0 Å². The molecule has 1 heterocycles. The Morgan fingerprint density at radius 1 is 1.33 bits per heavy atom. The van der Waals surface area contributed by atoms with E-state index in [0.29, 0.717) is 0 Å². The molecular weight excluding hydrogens is 246 g/mol. The van der Waals surface area contributed by atoms with Gasteiger partial charge in [-0.15, -0.1) is 0 Å². The predicted octanol–water partition coefficient (Wildman–Crippen LogP) is 2.40. The number of esters is 1. The largest absolute Gasteiger partial charge is 0.467 e. The van der Waals surface area contributed by atoms with Gasteiger partial charge in [-0.1, -0.05) is 33.9 Å². The first kappa shape index (κ1) is 15.2. The zero-order valence-corrected chi connectivity index (χ0v) is 13.7. The molecule has 1 amide bonds. The standard InChI is InChI=1S/C13H25NO3Si/c1-12(2,3)18(7,8)14-9(10(15)17-6)13(4,5)11(14)16/h9H,1-8H3/t9-/m0/s1. The second-order valence-corrected chi connectivity index (χ2v) is 12.2. The number of hydrogen-bond donors (Lipinski definition) is 0. The molecule has 0 saturated carbocycles. The first-order valence-electron chi connectivity index (χ1n) is 6.30. The molecule has 0 radical (unpaired) electrons. The average Bonchev–Trinajstić information content (AvgIpc) is 2.21. The maximum Gasteiger partial charge on any atom is 0.328 e. The summed E-state index contributed by atoms with van der Waals surface area (Å²) >= 11 is 0. The molecule has 5 heteroatoms. The summed E-state index contributed by atoms with van der Waals surface area (Å²) in [4.78, 5) is 24.3. The van der Waals surface area contributed by atoms with Gasteiger partial charge in [-0.3, -0.25) is 4.79 Å². The van der Waals surface area contributed by atoms with E-state index in [9.17, 15) is 9.59 Å². The normalized spacial score (nSPS) is 23.7. The molecule has 0 aromatic rings. The molecule has 1 fully saturated rings. The van der Waals surface area contributed by atoms with Crippen LogP contribution in [0.15, 0.2) is 0 Å². The molecule has 18 heavy (non-hydrogen) atoms. The zero-order chi connectivity index (χ0) is 14.5. The van der Waals surface area contributed by atoms with E-state index in [4.69, 9.17) is 4.74 Å². The molecule has 0 aromatic heterocycles. The zero-order valence-electron chi connectivity index (χ0n) is 12.7. The van der Waals surface area contributed by atoms with Gasteiger partial charge in [0.15, 0.2) is 8.24 Å². The summed E-state index contributed by atoms with van der Waals surface area (Å²) in [5, 5.41) is 0.0193. The Morgan fingerprint density at radius 3 is 2.11 bits per heavy atom. The fourth-order valence-corrected chi connectivity index (χ4v) is 4.84. The summed E-state index contributed by atoms with van der Waals surface area (Å²) in [7, 11) is -0.653. The van der Waals surface area contributed by atoms with Gasteiger partial charge in [0, 0.05) is 0 Å². The Balaban J connectivity index is 3.17. The quantitative estimate of drug-likeness (QED) is 0.440. The summed E-state index contributed by atoms with van der Waals surface area (Å²) in [6.07, 6.45) is 0. The van der Waals surface area contributed by atoms with Crippen molar-refractivity contribution in [1.29, 1.82) is 0 Å². The van der Waals surface area contributed by atoms with Crippen molar-refractivity contribution in [1.82, 2.24) is 4.57 Å². The summed E-state index contributed by atoms with van der Waals surface area (Å²) in [5.74, 6) is -0.228. The predicted molar refractivity (Wildman–Crippen MR) is 73.6 cm³/mol. The third kappa shape index (κ3) is 1.88. The van der Waals surface area contributed by atoms with Crippen LogP contribution >= 0.6 is 0 Å². The van der Waals surface area contributed by atoms with Crippen molar-refractivity contribution >= 4 is 20.1 Å². The van der Waals surface area contributed by atoms with Crippen molar-refractivity contribution in [3.8, 4) is 0 Å². The van der Waals surface area contributed by atoms with Gasteiger partial charge in [-0.25, -0.2) is 4.79 Å². The maximum atomic E-state index is 12.4. The summed E-state index contributed by atoms with van der Waals surface area (Å²) in [5.41, 5.74) is -0.636. The van der Waals surface area contributed by atoms with Crippen molar-refractivity contribution in [3.63, 3.8) is 0 Å². The molecular formula is C13H25NO3Si. The number of ether oxygens (including phenoxy) is 1. The molecule has 1 rings (SSSR count). The summed E-state index contributed by atoms with van der Waals surface area (Å²) in [6.45, 7) is 14.3. The number of β-lactam (4-membered cyclic amide) rings is 1. The highest BCUT2D eigenvalue weighted by Gasteiger charge is 2.64. The van der Waals surface area contributed by atoms with Crippen LogP contribution in [0.1, 0.15) is 34.6 Å². The second-order valence-electron chi connectivity index (χ2n) is 7.13. The number of rotatable bonds is 2. The number of carbonyl (C=O) groups excluding carboxylic acids is 2. The highest BCUT2D eigenvalue weighted by atomic mass is 28.3. The van der Waals surface area contributed by atoms with Gasteiger partial charge in [0.1, 0.15) is 6.04 Å². The van der Waals surface area contributed by atoms with E-state index in [1.165, 1.54) is 7.11 Å². The Kier molecular flexibility index (Phi) is 3.45.